The van der Waals surface area contributed by atoms with Gasteiger partial charge in [0.05, 0.1) is 16.2 Å². The Bertz CT molecular complexity index is 878. The minimum absolute atomic E-state index is 0.125. The van der Waals surface area contributed by atoms with Crippen LogP contribution < -0.4 is 4.90 Å². The topological polar surface area (TPSA) is 57.6 Å². The van der Waals surface area contributed by atoms with Crippen LogP contribution in [0.2, 0.25) is 0 Å². The molecule has 3 rings (SSSR count). The van der Waals surface area contributed by atoms with E-state index in [-0.39, 0.29) is 17.3 Å². The number of hydrogen-bond acceptors (Lipinski definition) is 4. The van der Waals surface area contributed by atoms with E-state index in [0.717, 1.165) is 11.8 Å². The van der Waals surface area contributed by atoms with E-state index in [9.17, 15) is 14.0 Å². The van der Waals surface area contributed by atoms with Crippen LogP contribution in [0.5, 0.6) is 0 Å². The molecule has 120 valence electrons. The minimum Gasteiger partial charge on any atom is -0.478 e. The van der Waals surface area contributed by atoms with Crippen molar-refractivity contribution in [2.45, 2.75) is 0 Å². The maximum absolute atomic E-state index is 13.3. The number of thiocarbonyl (C=S) groups is 1. The molecule has 0 bridgehead atoms. The molecule has 0 spiro atoms. The highest BCUT2D eigenvalue weighted by molar-refractivity contribution is 8.27. The van der Waals surface area contributed by atoms with E-state index in [1.165, 1.54) is 41.3 Å². The molecule has 2 aromatic carbocycles. The van der Waals surface area contributed by atoms with Gasteiger partial charge in [-0.25, -0.2) is 9.18 Å². The van der Waals surface area contributed by atoms with Gasteiger partial charge in [-0.3, -0.25) is 9.69 Å². The maximum Gasteiger partial charge on any atom is 0.335 e. The number of hydrogen-bond donors (Lipinski definition) is 1. The molecule has 0 unspecified atom stereocenters. The van der Waals surface area contributed by atoms with Crippen molar-refractivity contribution in [3.63, 3.8) is 0 Å². The Labute approximate surface area is 146 Å². The maximum atomic E-state index is 13.3. The molecule has 1 saturated heterocycles. The number of rotatable bonds is 3. The van der Waals surface area contributed by atoms with Crippen molar-refractivity contribution >= 4 is 51.9 Å². The second kappa shape index (κ2) is 6.54. The highest BCUT2D eigenvalue weighted by Crippen LogP contribution is 2.36. The van der Waals surface area contributed by atoms with Gasteiger partial charge in [0.1, 0.15) is 5.82 Å². The van der Waals surface area contributed by atoms with Crippen molar-refractivity contribution in [1.29, 1.82) is 0 Å². The number of carboxylic acid groups (broad SMARTS) is 1. The molecule has 0 aliphatic carbocycles. The first kappa shape index (κ1) is 16.4. The van der Waals surface area contributed by atoms with Gasteiger partial charge in [-0.15, -0.1) is 0 Å². The van der Waals surface area contributed by atoms with E-state index in [1.54, 1.807) is 18.2 Å². The summed E-state index contributed by atoms with van der Waals surface area (Å²) < 4.78 is 13.6. The van der Waals surface area contributed by atoms with E-state index >= 15 is 0 Å². The van der Waals surface area contributed by atoms with Gasteiger partial charge in [0.25, 0.3) is 5.91 Å². The van der Waals surface area contributed by atoms with Crippen LogP contribution in [0.25, 0.3) is 6.08 Å². The summed E-state index contributed by atoms with van der Waals surface area (Å²) in [7, 11) is 0. The van der Waals surface area contributed by atoms with Gasteiger partial charge in [0.15, 0.2) is 4.32 Å². The van der Waals surface area contributed by atoms with E-state index < -0.39 is 5.97 Å². The lowest BCUT2D eigenvalue weighted by Crippen LogP contribution is -2.27. The molecule has 7 heteroatoms. The molecule has 4 nitrogen and oxygen atoms in total. The van der Waals surface area contributed by atoms with Crippen molar-refractivity contribution in [1.82, 2.24) is 0 Å². The monoisotopic (exact) mass is 359 g/mol. The minimum atomic E-state index is -1.04. The number of halogens is 1. The highest BCUT2D eigenvalue weighted by atomic mass is 32.2. The van der Waals surface area contributed by atoms with Gasteiger partial charge in [-0.05, 0) is 48.0 Å². The summed E-state index contributed by atoms with van der Waals surface area (Å²) >= 11 is 6.36. The molecular formula is C17H10FNO3S2. The molecule has 1 fully saturated rings. The number of carboxylic acids is 1. The van der Waals surface area contributed by atoms with E-state index in [0.29, 0.717) is 20.5 Å². The van der Waals surface area contributed by atoms with E-state index in [4.69, 9.17) is 17.3 Å². The first-order valence-corrected chi connectivity index (χ1v) is 8.05. The first-order chi connectivity index (χ1) is 11.5. The number of nitrogens with zero attached hydrogens (tertiary/aromatic N) is 1. The zero-order valence-electron chi connectivity index (χ0n) is 12.1. The normalized spacial score (nSPS) is 16.0. The number of benzene rings is 2. The fraction of sp³-hybridized carbons (Fsp3) is 0. The summed E-state index contributed by atoms with van der Waals surface area (Å²) in [6.45, 7) is 0. The van der Waals surface area contributed by atoms with Gasteiger partial charge < -0.3 is 5.11 Å². The quantitative estimate of drug-likeness (QED) is 0.665. The zero-order valence-corrected chi connectivity index (χ0v) is 13.7. The summed E-state index contributed by atoms with van der Waals surface area (Å²) in [6.07, 6.45) is 1.58. The predicted molar refractivity (Wildman–Crippen MR) is 95.5 cm³/mol. The smallest absolute Gasteiger partial charge is 0.335 e. The second-order valence-electron chi connectivity index (χ2n) is 4.92. The molecule has 0 atom stereocenters. The molecule has 2 aromatic rings. The largest absolute Gasteiger partial charge is 0.478 e. The SMILES string of the molecule is O=C(O)c1ccc(N2C(=O)C(=Cc3cccc(F)c3)SC2=S)cc1. The number of carbonyl (C=O) groups excluding carboxylic acids is 1. The lowest BCUT2D eigenvalue weighted by Gasteiger charge is -2.14. The standard InChI is InChI=1S/C17H10FNO3S2/c18-12-3-1-2-10(8-12)9-14-15(20)19(17(23)24-14)13-6-4-11(5-7-13)16(21)22/h1-9H,(H,21,22). The second-order valence-corrected chi connectivity index (χ2v) is 6.60. The van der Waals surface area contributed by atoms with Gasteiger partial charge >= 0.3 is 5.97 Å². The fourth-order valence-corrected chi connectivity index (χ4v) is 3.49. The molecular weight excluding hydrogens is 349 g/mol. The number of carbonyl (C=O) groups is 2. The molecule has 1 amide bonds. The van der Waals surface area contributed by atoms with Crippen LogP contribution >= 0.6 is 24.0 Å². The molecule has 0 radical (unpaired) electrons. The molecule has 1 aliphatic rings. The van der Waals surface area contributed by atoms with E-state index in [2.05, 4.69) is 0 Å². The summed E-state index contributed by atoms with van der Waals surface area (Å²) in [5.74, 6) is -1.75. The Morgan fingerprint density at radius 3 is 2.54 bits per heavy atom. The Hall–Kier alpha value is -2.51. The highest BCUT2D eigenvalue weighted by Gasteiger charge is 2.33. The predicted octanol–water partition coefficient (Wildman–Crippen LogP) is 3.93. The average Bonchev–Trinajstić information content (AvgIpc) is 2.81. The molecule has 24 heavy (non-hydrogen) atoms. The van der Waals surface area contributed by atoms with E-state index in [1.807, 2.05) is 0 Å². The number of thioether (sulfide) groups is 1. The molecule has 0 saturated carbocycles. The zero-order chi connectivity index (χ0) is 17.3. The lowest BCUT2D eigenvalue weighted by atomic mass is 10.2. The van der Waals surface area contributed by atoms with Crippen molar-refractivity contribution in [2.75, 3.05) is 4.90 Å². The lowest BCUT2D eigenvalue weighted by molar-refractivity contribution is -0.113. The van der Waals surface area contributed by atoms with Crippen molar-refractivity contribution in [3.8, 4) is 0 Å². The van der Waals surface area contributed by atoms with Crippen LogP contribution in [0.15, 0.2) is 53.4 Å². The van der Waals surface area contributed by atoms with Crippen LogP contribution in [0.1, 0.15) is 15.9 Å². The third-order valence-corrected chi connectivity index (χ3v) is 4.61. The molecule has 1 heterocycles. The number of amides is 1. The van der Waals surface area contributed by atoms with Crippen molar-refractivity contribution in [2.24, 2.45) is 0 Å². The Morgan fingerprint density at radius 1 is 1.21 bits per heavy atom. The molecule has 0 aromatic heterocycles. The van der Waals surface area contributed by atoms with Gasteiger partial charge in [-0.2, -0.15) is 0 Å². The third-order valence-electron chi connectivity index (χ3n) is 3.31. The Morgan fingerprint density at radius 2 is 1.92 bits per heavy atom. The summed E-state index contributed by atoms with van der Waals surface area (Å²) in [5, 5.41) is 8.92. The van der Waals surface area contributed by atoms with Crippen LogP contribution in [0, 0.1) is 5.82 Å². The van der Waals surface area contributed by atoms with Crippen molar-refractivity contribution < 1.29 is 19.1 Å². The average molecular weight is 359 g/mol. The van der Waals surface area contributed by atoms with Gasteiger partial charge in [0.2, 0.25) is 0 Å². The van der Waals surface area contributed by atoms with Crippen LogP contribution in [-0.2, 0) is 4.79 Å². The van der Waals surface area contributed by atoms with Crippen LogP contribution in [0.3, 0.4) is 0 Å². The van der Waals surface area contributed by atoms with Gasteiger partial charge in [0, 0.05) is 0 Å². The number of aromatic carboxylic acids is 1. The van der Waals surface area contributed by atoms with Gasteiger partial charge in [-0.1, -0.05) is 36.1 Å². The fourth-order valence-electron chi connectivity index (χ4n) is 2.19. The van der Waals surface area contributed by atoms with Crippen LogP contribution in [0.4, 0.5) is 10.1 Å². The Balaban J connectivity index is 1.90. The van der Waals surface area contributed by atoms with Crippen LogP contribution in [-0.4, -0.2) is 21.3 Å². The molecule has 1 N–H and O–H groups in total. The summed E-state index contributed by atoms with van der Waals surface area (Å²) in [6, 6.07) is 11.8. The van der Waals surface area contributed by atoms with Crippen molar-refractivity contribution in [3.05, 3.63) is 70.4 Å². The third kappa shape index (κ3) is 3.22. The summed E-state index contributed by atoms with van der Waals surface area (Å²) in [4.78, 5) is 25.2. The molecule has 1 aliphatic heterocycles. The number of anilines is 1. The Kier molecular flexibility index (Phi) is 4.46. The first-order valence-electron chi connectivity index (χ1n) is 6.82. The summed E-state index contributed by atoms with van der Waals surface area (Å²) in [5.41, 5.74) is 1.18.